The summed E-state index contributed by atoms with van der Waals surface area (Å²) < 4.78 is 13.4. The number of rotatable bonds is 7. The number of halogens is 1. The van der Waals surface area contributed by atoms with E-state index in [1.807, 2.05) is 6.07 Å². The summed E-state index contributed by atoms with van der Waals surface area (Å²) in [7, 11) is 0. The predicted molar refractivity (Wildman–Crippen MR) is 98.3 cm³/mol. The molecule has 134 valence electrons. The molecule has 0 unspecified atom stereocenters. The van der Waals surface area contributed by atoms with Gasteiger partial charge in [0.25, 0.3) is 0 Å². The maximum absolute atomic E-state index is 13.4. The summed E-state index contributed by atoms with van der Waals surface area (Å²) in [5.41, 5.74) is 0.930. The summed E-state index contributed by atoms with van der Waals surface area (Å²) in [6.07, 6.45) is 0.968. The van der Waals surface area contributed by atoms with Gasteiger partial charge in [-0.05, 0) is 42.8 Å². The van der Waals surface area contributed by atoms with E-state index in [2.05, 4.69) is 21.9 Å². The molecule has 0 saturated carbocycles. The van der Waals surface area contributed by atoms with Crippen LogP contribution in [0.25, 0.3) is 10.4 Å². The third kappa shape index (κ3) is 5.36. The molecular formula is C19H23FN2O2S. The molecule has 1 fully saturated rings. The molecule has 1 aromatic heterocycles. The van der Waals surface area contributed by atoms with Gasteiger partial charge in [0.2, 0.25) is 0 Å². The number of hydrogen-bond donors (Lipinski definition) is 1. The summed E-state index contributed by atoms with van der Waals surface area (Å²) in [5, 5.41) is 8.70. The fourth-order valence-corrected chi connectivity index (χ4v) is 4.15. The van der Waals surface area contributed by atoms with E-state index >= 15 is 0 Å². The Morgan fingerprint density at radius 2 is 1.88 bits per heavy atom. The van der Waals surface area contributed by atoms with Crippen LogP contribution in [-0.2, 0) is 11.3 Å². The molecule has 0 bridgehead atoms. The van der Waals surface area contributed by atoms with E-state index in [-0.39, 0.29) is 12.2 Å². The number of carboxylic acid groups (broad SMARTS) is 1. The van der Waals surface area contributed by atoms with Crippen LogP contribution in [-0.4, -0.2) is 53.6 Å². The lowest BCUT2D eigenvalue weighted by atomic mass is 10.2. The van der Waals surface area contributed by atoms with E-state index in [0.29, 0.717) is 0 Å². The van der Waals surface area contributed by atoms with Crippen molar-refractivity contribution in [1.82, 2.24) is 9.80 Å². The molecular weight excluding hydrogens is 339 g/mol. The number of nitrogens with zero attached hydrogens (tertiary/aromatic N) is 2. The number of hydrogen-bond acceptors (Lipinski definition) is 4. The smallest absolute Gasteiger partial charge is 0.303 e. The zero-order chi connectivity index (χ0) is 17.6. The Morgan fingerprint density at radius 3 is 2.60 bits per heavy atom. The van der Waals surface area contributed by atoms with Crippen molar-refractivity contribution in [3.8, 4) is 10.4 Å². The van der Waals surface area contributed by atoms with Crippen LogP contribution in [0.1, 0.15) is 17.7 Å². The quantitative estimate of drug-likeness (QED) is 0.818. The first-order chi connectivity index (χ1) is 12.1. The SMILES string of the molecule is O=C(O)CCCN1CCN(Cc2ccc(-c3cccc(F)c3)s2)CC1. The topological polar surface area (TPSA) is 43.8 Å². The van der Waals surface area contributed by atoms with Crippen molar-refractivity contribution in [2.75, 3.05) is 32.7 Å². The normalized spacial score (nSPS) is 16.2. The van der Waals surface area contributed by atoms with Gasteiger partial charge in [-0.15, -0.1) is 11.3 Å². The van der Waals surface area contributed by atoms with Crippen LogP contribution < -0.4 is 0 Å². The zero-order valence-corrected chi connectivity index (χ0v) is 15.0. The van der Waals surface area contributed by atoms with E-state index < -0.39 is 5.97 Å². The fourth-order valence-electron chi connectivity index (χ4n) is 3.11. The van der Waals surface area contributed by atoms with Gasteiger partial charge in [0.05, 0.1) is 0 Å². The molecule has 2 aromatic rings. The van der Waals surface area contributed by atoms with Crippen LogP contribution in [0.3, 0.4) is 0 Å². The van der Waals surface area contributed by atoms with Gasteiger partial charge in [-0.25, -0.2) is 4.39 Å². The molecule has 0 atom stereocenters. The van der Waals surface area contributed by atoms with Gasteiger partial charge in [-0.2, -0.15) is 0 Å². The summed E-state index contributed by atoms with van der Waals surface area (Å²) >= 11 is 1.72. The molecule has 25 heavy (non-hydrogen) atoms. The maximum Gasteiger partial charge on any atom is 0.303 e. The average molecular weight is 362 g/mol. The van der Waals surface area contributed by atoms with Crippen molar-refractivity contribution in [1.29, 1.82) is 0 Å². The summed E-state index contributed by atoms with van der Waals surface area (Å²) in [6.45, 7) is 5.76. The standard InChI is InChI=1S/C19H23FN2O2S/c20-16-4-1-3-15(13-16)18-7-6-17(25-18)14-22-11-9-21(10-12-22)8-2-5-19(23)24/h1,3-4,6-7,13H,2,5,8-12,14H2,(H,23,24). The highest BCUT2D eigenvalue weighted by Crippen LogP contribution is 2.29. The maximum atomic E-state index is 13.4. The van der Waals surface area contributed by atoms with Crippen molar-refractivity contribution < 1.29 is 14.3 Å². The van der Waals surface area contributed by atoms with E-state index in [4.69, 9.17) is 5.11 Å². The molecule has 1 N–H and O–H groups in total. The largest absolute Gasteiger partial charge is 0.481 e. The van der Waals surface area contributed by atoms with Gasteiger partial charge in [0.1, 0.15) is 5.82 Å². The van der Waals surface area contributed by atoms with Crippen LogP contribution in [0.4, 0.5) is 4.39 Å². The van der Waals surface area contributed by atoms with Crippen LogP contribution >= 0.6 is 11.3 Å². The molecule has 1 aliphatic rings. The summed E-state index contributed by atoms with van der Waals surface area (Å²) in [4.78, 5) is 17.7. The molecule has 0 radical (unpaired) electrons. The molecule has 1 aliphatic heterocycles. The zero-order valence-electron chi connectivity index (χ0n) is 14.2. The molecule has 0 spiro atoms. The number of thiophene rings is 1. The van der Waals surface area contributed by atoms with Gasteiger partial charge in [-0.3, -0.25) is 9.69 Å². The first-order valence-corrected chi connectivity index (χ1v) is 9.43. The molecule has 1 saturated heterocycles. The molecule has 0 amide bonds. The van der Waals surface area contributed by atoms with Gasteiger partial charge < -0.3 is 10.0 Å². The Kier molecular flexibility index (Phi) is 6.18. The molecule has 1 aromatic carbocycles. The molecule has 6 heteroatoms. The first kappa shape index (κ1) is 18.0. The minimum atomic E-state index is -0.717. The minimum absolute atomic E-state index is 0.202. The van der Waals surface area contributed by atoms with Crippen molar-refractivity contribution in [2.45, 2.75) is 19.4 Å². The van der Waals surface area contributed by atoms with E-state index in [9.17, 15) is 9.18 Å². The highest BCUT2D eigenvalue weighted by Gasteiger charge is 2.17. The van der Waals surface area contributed by atoms with Gasteiger partial charge in [0.15, 0.2) is 0 Å². The first-order valence-electron chi connectivity index (χ1n) is 8.61. The molecule has 3 rings (SSSR count). The summed E-state index contributed by atoms with van der Waals surface area (Å²) in [6, 6.07) is 10.9. The van der Waals surface area contributed by atoms with Crippen LogP contribution in [0.5, 0.6) is 0 Å². The minimum Gasteiger partial charge on any atom is -0.481 e. The van der Waals surface area contributed by atoms with E-state index in [1.54, 1.807) is 23.5 Å². The van der Waals surface area contributed by atoms with Crippen molar-refractivity contribution in [2.24, 2.45) is 0 Å². The van der Waals surface area contributed by atoms with Crippen molar-refractivity contribution in [3.05, 3.63) is 47.1 Å². The Morgan fingerprint density at radius 1 is 1.12 bits per heavy atom. The third-order valence-corrected chi connectivity index (χ3v) is 5.60. The van der Waals surface area contributed by atoms with Crippen LogP contribution in [0, 0.1) is 5.82 Å². The average Bonchev–Trinajstić information content (AvgIpc) is 3.05. The Bertz CT molecular complexity index is 711. The van der Waals surface area contributed by atoms with E-state index in [1.165, 1.54) is 10.9 Å². The van der Waals surface area contributed by atoms with Gasteiger partial charge in [0, 0.05) is 48.9 Å². The monoisotopic (exact) mass is 362 g/mol. The van der Waals surface area contributed by atoms with Crippen LogP contribution in [0.15, 0.2) is 36.4 Å². The second-order valence-electron chi connectivity index (χ2n) is 6.39. The highest BCUT2D eigenvalue weighted by atomic mass is 32.1. The predicted octanol–water partition coefficient (Wildman–Crippen LogP) is 3.54. The summed E-state index contributed by atoms with van der Waals surface area (Å²) in [5.74, 6) is -0.920. The van der Waals surface area contributed by atoms with Crippen molar-refractivity contribution in [3.63, 3.8) is 0 Å². The lowest BCUT2D eigenvalue weighted by Gasteiger charge is -2.34. The lowest BCUT2D eigenvalue weighted by molar-refractivity contribution is -0.137. The molecule has 0 aliphatic carbocycles. The Balaban J connectivity index is 1.47. The van der Waals surface area contributed by atoms with Crippen LogP contribution in [0.2, 0.25) is 0 Å². The Labute approximate surface area is 151 Å². The lowest BCUT2D eigenvalue weighted by Crippen LogP contribution is -2.46. The van der Waals surface area contributed by atoms with E-state index in [0.717, 1.165) is 56.1 Å². The third-order valence-electron chi connectivity index (χ3n) is 4.48. The molecule has 2 heterocycles. The van der Waals surface area contributed by atoms with Gasteiger partial charge >= 0.3 is 5.97 Å². The van der Waals surface area contributed by atoms with Crippen molar-refractivity contribution >= 4 is 17.3 Å². The Hall–Kier alpha value is -1.76. The number of piperazine rings is 1. The second-order valence-corrected chi connectivity index (χ2v) is 7.56. The van der Waals surface area contributed by atoms with Gasteiger partial charge in [-0.1, -0.05) is 12.1 Å². The number of aliphatic carboxylic acids is 1. The highest BCUT2D eigenvalue weighted by molar-refractivity contribution is 7.15. The molecule has 4 nitrogen and oxygen atoms in total. The second kappa shape index (κ2) is 8.56. The number of benzene rings is 1. The number of carbonyl (C=O) groups is 1. The number of carboxylic acids is 1. The fraction of sp³-hybridized carbons (Fsp3) is 0.421.